The molecule has 3 aromatic rings. The normalized spacial score (nSPS) is 14.1. The van der Waals surface area contributed by atoms with Crippen LogP contribution in [0, 0.1) is 0 Å². The Balaban J connectivity index is 1.56. The minimum absolute atomic E-state index is 0.456. The number of ether oxygens (including phenoxy) is 2. The van der Waals surface area contributed by atoms with Crippen LogP contribution in [0.3, 0.4) is 0 Å². The minimum Gasteiger partial charge on any atom is -0.489 e. The number of likely N-dealkylation sites (N-methyl/N-ethyl adjacent to an activating group) is 1. The van der Waals surface area contributed by atoms with E-state index >= 15 is 0 Å². The van der Waals surface area contributed by atoms with Crippen LogP contribution in [0.2, 0.25) is 0 Å². The number of benzene rings is 2. The maximum Gasteiger partial charge on any atom is 0.229 e. The maximum atomic E-state index is 6.06. The van der Waals surface area contributed by atoms with Gasteiger partial charge in [0.25, 0.3) is 0 Å². The molecule has 2 heterocycles. The first-order chi connectivity index (χ1) is 16.5. The standard InChI is InChI=1S/C24H31BN6O2S/c1-30-9-11-31(12-10-30)17-7-8-19(21(15-17)33-14-13-32-2)28-24-26-16-18(25)23(29-24)27-20-5-3-4-6-22(20)34/h3-8,15-16,34H,9-14,25H2,1-2H3,(H2,26,27,28,29). The molecule has 2 aromatic carbocycles. The molecule has 4 rings (SSSR count). The lowest BCUT2D eigenvalue weighted by Crippen LogP contribution is -2.44. The first kappa shape index (κ1) is 24.2. The molecule has 1 aliphatic rings. The zero-order valence-corrected chi connectivity index (χ0v) is 20.8. The Morgan fingerprint density at radius 2 is 1.82 bits per heavy atom. The predicted octanol–water partition coefficient (Wildman–Crippen LogP) is 2.29. The molecule has 0 atom stereocenters. The maximum absolute atomic E-state index is 6.06. The van der Waals surface area contributed by atoms with Gasteiger partial charge in [0.15, 0.2) is 0 Å². The number of nitrogens with one attached hydrogen (secondary N) is 2. The van der Waals surface area contributed by atoms with E-state index in [9.17, 15) is 0 Å². The molecule has 0 saturated carbocycles. The third-order valence-corrected chi connectivity index (χ3v) is 6.14. The highest BCUT2D eigenvalue weighted by atomic mass is 32.1. The molecule has 0 radical (unpaired) electrons. The van der Waals surface area contributed by atoms with Crippen LogP contribution in [0.15, 0.2) is 53.6 Å². The first-order valence-corrected chi connectivity index (χ1v) is 11.8. The number of rotatable bonds is 9. The molecule has 0 unspecified atom stereocenters. The summed E-state index contributed by atoms with van der Waals surface area (Å²) >= 11 is 4.53. The molecular formula is C24H31BN6O2S. The van der Waals surface area contributed by atoms with E-state index in [0.29, 0.717) is 19.2 Å². The number of aromatic nitrogens is 2. The monoisotopic (exact) mass is 478 g/mol. The smallest absolute Gasteiger partial charge is 0.229 e. The highest BCUT2D eigenvalue weighted by Crippen LogP contribution is 2.32. The summed E-state index contributed by atoms with van der Waals surface area (Å²) in [5, 5.41) is 6.68. The fourth-order valence-electron chi connectivity index (χ4n) is 3.69. The van der Waals surface area contributed by atoms with Crippen molar-refractivity contribution in [3.8, 4) is 5.75 Å². The van der Waals surface area contributed by atoms with Gasteiger partial charge in [0.1, 0.15) is 26.0 Å². The molecule has 34 heavy (non-hydrogen) atoms. The number of hydrogen-bond donors (Lipinski definition) is 3. The zero-order chi connectivity index (χ0) is 23.9. The van der Waals surface area contributed by atoms with Crippen LogP contribution in [-0.2, 0) is 4.74 Å². The average Bonchev–Trinajstić information content (AvgIpc) is 2.84. The van der Waals surface area contributed by atoms with Gasteiger partial charge in [0.2, 0.25) is 5.95 Å². The van der Waals surface area contributed by atoms with Gasteiger partial charge < -0.3 is 29.9 Å². The number of thiol groups is 1. The Bertz CT molecular complexity index is 1110. The third-order valence-electron chi connectivity index (χ3n) is 5.75. The van der Waals surface area contributed by atoms with Crippen molar-refractivity contribution >= 4 is 54.8 Å². The van der Waals surface area contributed by atoms with Gasteiger partial charge in [-0.2, -0.15) is 4.98 Å². The molecule has 178 valence electrons. The largest absolute Gasteiger partial charge is 0.489 e. The molecule has 8 nitrogen and oxygen atoms in total. The number of anilines is 5. The number of piperazine rings is 1. The summed E-state index contributed by atoms with van der Waals surface area (Å²) in [5.41, 5.74) is 3.77. The SMILES string of the molecule is Bc1cnc(Nc2ccc(N3CCN(C)CC3)cc2OCCOC)nc1Nc1ccccc1S. The van der Waals surface area contributed by atoms with Crippen molar-refractivity contribution in [1.82, 2.24) is 14.9 Å². The van der Waals surface area contributed by atoms with Crippen LogP contribution >= 0.6 is 12.6 Å². The minimum atomic E-state index is 0.456. The van der Waals surface area contributed by atoms with Crippen molar-refractivity contribution in [2.45, 2.75) is 4.90 Å². The molecule has 1 aliphatic heterocycles. The molecular weight excluding hydrogens is 447 g/mol. The zero-order valence-electron chi connectivity index (χ0n) is 19.9. The molecule has 0 spiro atoms. The van der Waals surface area contributed by atoms with Crippen molar-refractivity contribution in [3.05, 3.63) is 48.7 Å². The van der Waals surface area contributed by atoms with E-state index in [2.05, 4.69) is 57.2 Å². The third kappa shape index (κ3) is 6.13. The lowest BCUT2D eigenvalue weighted by molar-refractivity contribution is 0.146. The fourth-order valence-corrected chi connectivity index (χ4v) is 3.90. The highest BCUT2D eigenvalue weighted by molar-refractivity contribution is 7.80. The van der Waals surface area contributed by atoms with Crippen molar-refractivity contribution in [2.24, 2.45) is 0 Å². The number of methoxy groups -OCH3 is 1. The number of para-hydroxylation sites is 1. The molecule has 0 bridgehead atoms. The Morgan fingerprint density at radius 3 is 2.59 bits per heavy atom. The lowest BCUT2D eigenvalue weighted by Gasteiger charge is -2.34. The number of hydrogen-bond acceptors (Lipinski definition) is 9. The van der Waals surface area contributed by atoms with Crippen LogP contribution in [0.4, 0.5) is 28.8 Å². The summed E-state index contributed by atoms with van der Waals surface area (Å²) in [5.74, 6) is 1.94. The first-order valence-electron chi connectivity index (χ1n) is 11.4. The van der Waals surface area contributed by atoms with Crippen molar-refractivity contribution in [2.75, 3.05) is 69.1 Å². The topological polar surface area (TPSA) is 74.8 Å². The van der Waals surface area contributed by atoms with Gasteiger partial charge in [-0.15, -0.1) is 12.6 Å². The lowest BCUT2D eigenvalue weighted by atomic mass is 9.99. The van der Waals surface area contributed by atoms with E-state index in [1.807, 2.05) is 38.2 Å². The van der Waals surface area contributed by atoms with Gasteiger partial charge in [-0.3, -0.25) is 0 Å². The van der Waals surface area contributed by atoms with Crippen LogP contribution in [-0.4, -0.2) is 76.3 Å². The second-order valence-corrected chi connectivity index (χ2v) is 8.79. The van der Waals surface area contributed by atoms with Crippen LogP contribution in [0.5, 0.6) is 5.75 Å². The summed E-state index contributed by atoms with van der Waals surface area (Å²) < 4.78 is 11.2. The number of nitrogens with zero attached hydrogens (tertiary/aromatic N) is 4. The molecule has 1 fully saturated rings. The second kappa shape index (κ2) is 11.5. The van der Waals surface area contributed by atoms with Gasteiger partial charge in [-0.25, -0.2) is 4.98 Å². The van der Waals surface area contributed by atoms with E-state index in [-0.39, 0.29) is 0 Å². The summed E-state index contributed by atoms with van der Waals surface area (Å²) in [4.78, 5) is 14.8. The summed E-state index contributed by atoms with van der Waals surface area (Å²) in [6.07, 6.45) is 1.79. The average molecular weight is 478 g/mol. The van der Waals surface area contributed by atoms with E-state index < -0.39 is 0 Å². The van der Waals surface area contributed by atoms with Crippen molar-refractivity contribution < 1.29 is 9.47 Å². The van der Waals surface area contributed by atoms with Gasteiger partial charge >= 0.3 is 0 Å². The predicted molar refractivity (Wildman–Crippen MR) is 144 cm³/mol. The Labute approximate surface area is 207 Å². The highest BCUT2D eigenvalue weighted by Gasteiger charge is 2.17. The summed E-state index contributed by atoms with van der Waals surface area (Å²) in [6, 6.07) is 14.0. The van der Waals surface area contributed by atoms with Gasteiger partial charge in [-0.1, -0.05) is 12.1 Å². The Morgan fingerprint density at radius 1 is 1.03 bits per heavy atom. The molecule has 0 amide bonds. The van der Waals surface area contributed by atoms with Crippen LogP contribution in [0.25, 0.3) is 0 Å². The summed E-state index contributed by atoms with van der Waals surface area (Å²) in [7, 11) is 5.79. The van der Waals surface area contributed by atoms with E-state index in [0.717, 1.165) is 65.2 Å². The molecule has 10 heteroatoms. The van der Waals surface area contributed by atoms with Gasteiger partial charge in [0, 0.05) is 56.1 Å². The Kier molecular flexibility index (Phi) is 8.15. The molecule has 1 saturated heterocycles. The molecule has 0 aliphatic carbocycles. The fraction of sp³-hybridized carbons (Fsp3) is 0.333. The van der Waals surface area contributed by atoms with Crippen molar-refractivity contribution in [1.29, 1.82) is 0 Å². The van der Waals surface area contributed by atoms with Gasteiger partial charge in [0.05, 0.1) is 18.0 Å². The Hall–Kier alpha value is -2.95. The quantitative estimate of drug-likeness (QED) is 0.246. The van der Waals surface area contributed by atoms with E-state index in [1.165, 1.54) is 0 Å². The van der Waals surface area contributed by atoms with E-state index in [1.54, 1.807) is 13.3 Å². The van der Waals surface area contributed by atoms with Gasteiger partial charge in [-0.05, 0) is 36.8 Å². The summed E-state index contributed by atoms with van der Waals surface area (Å²) in [6.45, 7) is 5.03. The van der Waals surface area contributed by atoms with Crippen molar-refractivity contribution in [3.63, 3.8) is 0 Å². The molecule has 1 aromatic heterocycles. The van der Waals surface area contributed by atoms with E-state index in [4.69, 9.17) is 14.5 Å². The second-order valence-electron chi connectivity index (χ2n) is 8.30. The molecule has 2 N–H and O–H groups in total. The van der Waals surface area contributed by atoms with Crippen LogP contribution in [0.1, 0.15) is 0 Å². The van der Waals surface area contributed by atoms with Crippen LogP contribution < -0.4 is 25.7 Å².